The first-order valence-corrected chi connectivity index (χ1v) is 5.34. The minimum atomic E-state index is 0.237. The van der Waals surface area contributed by atoms with Crippen molar-refractivity contribution in [1.82, 2.24) is 4.90 Å². The smallest absolute Gasteiger partial charge is 0.138 e. The maximum Gasteiger partial charge on any atom is 0.138 e. The quantitative estimate of drug-likeness (QED) is 0.813. The van der Waals surface area contributed by atoms with Gasteiger partial charge in [-0.2, -0.15) is 0 Å². The van der Waals surface area contributed by atoms with E-state index in [1.807, 2.05) is 12.1 Å². The average molecular weight is 212 g/mol. The highest BCUT2D eigenvalue weighted by molar-refractivity contribution is 6.32. The number of likely N-dealkylation sites (tertiary alicyclic amines) is 1. The summed E-state index contributed by atoms with van der Waals surface area (Å²) in [6, 6.07) is 5.53. The Morgan fingerprint density at radius 1 is 1.29 bits per heavy atom. The lowest BCUT2D eigenvalue weighted by atomic mass is 10.2. The largest absolute Gasteiger partial charge is 0.506 e. The number of rotatable bonds is 2. The highest BCUT2D eigenvalue weighted by Gasteiger charge is 2.14. The van der Waals surface area contributed by atoms with Crippen LogP contribution in [0.3, 0.4) is 0 Å². The van der Waals surface area contributed by atoms with Crippen molar-refractivity contribution in [2.45, 2.75) is 19.4 Å². The lowest BCUT2D eigenvalue weighted by Gasteiger charge is -2.15. The number of hydrogen-bond acceptors (Lipinski definition) is 2. The van der Waals surface area contributed by atoms with Crippen LogP contribution in [-0.2, 0) is 6.54 Å². The van der Waals surface area contributed by atoms with Crippen LogP contribution in [0.25, 0.3) is 0 Å². The van der Waals surface area contributed by atoms with Crippen LogP contribution in [0.1, 0.15) is 18.4 Å². The number of benzene rings is 1. The maximum atomic E-state index is 9.70. The van der Waals surface area contributed by atoms with Gasteiger partial charge in [0.1, 0.15) is 5.75 Å². The number of aromatic hydroxyl groups is 1. The molecule has 76 valence electrons. The fourth-order valence-electron chi connectivity index (χ4n) is 1.87. The Morgan fingerprint density at radius 3 is 2.71 bits per heavy atom. The molecule has 1 aromatic rings. The summed E-state index contributed by atoms with van der Waals surface area (Å²) in [4.78, 5) is 2.34. The standard InChI is InChI=1S/C11H14ClNO/c12-10-5-3-4-9(11(10)14)8-13-6-1-2-7-13/h3-5,14H,1-2,6-8H2. The molecule has 0 aliphatic carbocycles. The van der Waals surface area contributed by atoms with Crippen molar-refractivity contribution in [1.29, 1.82) is 0 Å². The van der Waals surface area contributed by atoms with Crippen LogP contribution in [0.4, 0.5) is 0 Å². The fraction of sp³-hybridized carbons (Fsp3) is 0.455. The topological polar surface area (TPSA) is 23.5 Å². The predicted octanol–water partition coefficient (Wildman–Crippen LogP) is 2.64. The molecule has 1 heterocycles. The van der Waals surface area contributed by atoms with Crippen molar-refractivity contribution in [3.63, 3.8) is 0 Å². The Kier molecular flexibility index (Phi) is 2.94. The molecular formula is C11H14ClNO. The molecule has 1 aromatic carbocycles. The summed E-state index contributed by atoms with van der Waals surface area (Å²) < 4.78 is 0. The molecule has 2 rings (SSSR count). The molecule has 1 fully saturated rings. The second kappa shape index (κ2) is 4.20. The van der Waals surface area contributed by atoms with Gasteiger partial charge >= 0.3 is 0 Å². The number of para-hydroxylation sites is 1. The van der Waals surface area contributed by atoms with Gasteiger partial charge in [0.15, 0.2) is 0 Å². The molecule has 0 amide bonds. The number of halogens is 1. The van der Waals surface area contributed by atoms with Crippen LogP contribution in [-0.4, -0.2) is 23.1 Å². The Labute approximate surface area is 89.1 Å². The van der Waals surface area contributed by atoms with Gasteiger partial charge in [0, 0.05) is 12.1 Å². The SMILES string of the molecule is Oc1c(Cl)cccc1CN1CCCC1. The van der Waals surface area contributed by atoms with E-state index in [2.05, 4.69) is 4.90 Å². The van der Waals surface area contributed by atoms with E-state index in [-0.39, 0.29) is 5.75 Å². The monoisotopic (exact) mass is 211 g/mol. The minimum absolute atomic E-state index is 0.237. The number of phenolic OH excluding ortho intramolecular Hbond substituents is 1. The van der Waals surface area contributed by atoms with Gasteiger partial charge in [0.25, 0.3) is 0 Å². The zero-order chi connectivity index (χ0) is 9.97. The van der Waals surface area contributed by atoms with Crippen molar-refractivity contribution in [2.75, 3.05) is 13.1 Å². The normalized spacial score (nSPS) is 17.5. The van der Waals surface area contributed by atoms with E-state index < -0.39 is 0 Å². The third-order valence-corrected chi connectivity index (χ3v) is 2.97. The summed E-state index contributed by atoms with van der Waals surface area (Å²) in [7, 11) is 0. The van der Waals surface area contributed by atoms with E-state index in [1.165, 1.54) is 12.8 Å². The van der Waals surface area contributed by atoms with Crippen LogP contribution in [0, 0.1) is 0 Å². The molecule has 1 aliphatic rings. The van der Waals surface area contributed by atoms with E-state index >= 15 is 0 Å². The molecule has 14 heavy (non-hydrogen) atoms. The molecule has 0 spiro atoms. The van der Waals surface area contributed by atoms with Gasteiger partial charge in [-0.15, -0.1) is 0 Å². The molecule has 0 atom stereocenters. The minimum Gasteiger partial charge on any atom is -0.506 e. The van der Waals surface area contributed by atoms with E-state index in [0.29, 0.717) is 5.02 Å². The number of phenols is 1. The van der Waals surface area contributed by atoms with Gasteiger partial charge in [0.05, 0.1) is 5.02 Å². The van der Waals surface area contributed by atoms with Crippen LogP contribution < -0.4 is 0 Å². The van der Waals surface area contributed by atoms with Gasteiger partial charge in [-0.3, -0.25) is 4.90 Å². The van der Waals surface area contributed by atoms with Crippen LogP contribution >= 0.6 is 11.6 Å². The van der Waals surface area contributed by atoms with Gasteiger partial charge in [-0.1, -0.05) is 23.7 Å². The molecule has 0 unspecified atom stereocenters. The number of hydrogen-bond donors (Lipinski definition) is 1. The number of nitrogens with zero attached hydrogens (tertiary/aromatic N) is 1. The van der Waals surface area contributed by atoms with Crippen LogP contribution in [0.15, 0.2) is 18.2 Å². The van der Waals surface area contributed by atoms with E-state index in [0.717, 1.165) is 25.2 Å². The molecule has 0 aromatic heterocycles. The van der Waals surface area contributed by atoms with Crippen molar-refractivity contribution in [3.8, 4) is 5.75 Å². The van der Waals surface area contributed by atoms with Gasteiger partial charge in [-0.05, 0) is 32.0 Å². The Balaban J connectivity index is 2.11. The second-order valence-electron chi connectivity index (χ2n) is 3.73. The first-order chi connectivity index (χ1) is 6.77. The van der Waals surface area contributed by atoms with Crippen LogP contribution in [0.2, 0.25) is 5.02 Å². The third-order valence-electron chi connectivity index (χ3n) is 2.66. The van der Waals surface area contributed by atoms with Crippen LogP contribution in [0.5, 0.6) is 5.75 Å². The van der Waals surface area contributed by atoms with Crippen molar-refractivity contribution in [3.05, 3.63) is 28.8 Å². The molecule has 0 bridgehead atoms. The summed E-state index contributed by atoms with van der Waals surface area (Å²) >= 11 is 5.83. The molecule has 2 nitrogen and oxygen atoms in total. The summed E-state index contributed by atoms with van der Waals surface area (Å²) in [6.45, 7) is 3.07. The lowest BCUT2D eigenvalue weighted by molar-refractivity contribution is 0.324. The van der Waals surface area contributed by atoms with E-state index in [4.69, 9.17) is 11.6 Å². The van der Waals surface area contributed by atoms with E-state index in [1.54, 1.807) is 6.07 Å². The van der Waals surface area contributed by atoms with Crippen molar-refractivity contribution < 1.29 is 5.11 Å². The summed E-state index contributed by atoms with van der Waals surface area (Å²) in [6.07, 6.45) is 2.53. The summed E-state index contributed by atoms with van der Waals surface area (Å²) in [5, 5.41) is 10.1. The Morgan fingerprint density at radius 2 is 2.00 bits per heavy atom. The maximum absolute atomic E-state index is 9.70. The fourth-order valence-corrected chi connectivity index (χ4v) is 2.06. The first-order valence-electron chi connectivity index (χ1n) is 4.96. The molecule has 1 aliphatic heterocycles. The highest BCUT2D eigenvalue weighted by Crippen LogP contribution is 2.28. The predicted molar refractivity (Wildman–Crippen MR) is 57.6 cm³/mol. The molecular weight excluding hydrogens is 198 g/mol. The first kappa shape index (κ1) is 9.81. The summed E-state index contributed by atoms with van der Waals surface area (Å²) in [5.74, 6) is 0.237. The average Bonchev–Trinajstić information content (AvgIpc) is 2.66. The summed E-state index contributed by atoms with van der Waals surface area (Å²) in [5.41, 5.74) is 0.930. The van der Waals surface area contributed by atoms with Gasteiger partial charge in [-0.25, -0.2) is 0 Å². The van der Waals surface area contributed by atoms with Crippen molar-refractivity contribution >= 4 is 11.6 Å². The third kappa shape index (κ3) is 2.02. The Bertz CT molecular complexity index is 321. The molecule has 1 N–H and O–H groups in total. The van der Waals surface area contributed by atoms with Gasteiger partial charge < -0.3 is 5.11 Å². The lowest BCUT2D eigenvalue weighted by Crippen LogP contribution is -2.18. The van der Waals surface area contributed by atoms with E-state index in [9.17, 15) is 5.11 Å². The molecule has 0 saturated carbocycles. The molecule has 3 heteroatoms. The molecule has 0 radical (unpaired) electrons. The zero-order valence-corrected chi connectivity index (χ0v) is 8.80. The Hall–Kier alpha value is -0.730. The van der Waals surface area contributed by atoms with Crippen molar-refractivity contribution in [2.24, 2.45) is 0 Å². The molecule has 1 saturated heterocycles. The second-order valence-corrected chi connectivity index (χ2v) is 4.14. The highest BCUT2D eigenvalue weighted by atomic mass is 35.5. The zero-order valence-electron chi connectivity index (χ0n) is 8.04. The van der Waals surface area contributed by atoms with Gasteiger partial charge in [0.2, 0.25) is 0 Å².